The number of nitrogens with one attached hydrogen (secondary N) is 3. The van der Waals surface area contributed by atoms with Gasteiger partial charge in [-0.1, -0.05) is 18.2 Å². The van der Waals surface area contributed by atoms with E-state index in [4.69, 9.17) is 9.47 Å². The van der Waals surface area contributed by atoms with Gasteiger partial charge >= 0.3 is 0 Å². The minimum absolute atomic E-state index is 0.0782. The van der Waals surface area contributed by atoms with Gasteiger partial charge in [-0.05, 0) is 55.7 Å². The lowest BCUT2D eigenvalue weighted by Gasteiger charge is -2.13. The fraction of sp³-hybridized carbons (Fsp3) is 0.391. The number of carbonyl (C=O) groups is 1. The minimum atomic E-state index is -0.0782. The number of hydrogen-bond donors (Lipinski definition) is 3. The standard InChI is InChI=1S/C23H32N4O3/c1-5-25-23(26-13-12-17-8-7-9-19(14-17)22(28)24-3)27-16-18-10-11-20(30-6-2)21(15-18)29-4/h7-11,14-15H,5-6,12-13,16H2,1-4H3,(H,24,28)(H2,25,26,27). The van der Waals surface area contributed by atoms with Gasteiger partial charge in [-0.25, -0.2) is 4.99 Å². The van der Waals surface area contributed by atoms with E-state index >= 15 is 0 Å². The summed E-state index contributed by atoms with van der Waals surface area (Å²) in [5, 5.41) is 9.25. The molecule has 0 aliphatic carbocycles. The summed E-state index contributed by atoms with van der Waals surface area (Å²) in [6.45, 7) is 6.56. The van der Waals surface area contributed by atoms with Crippen molar-refractivity contribution in [2.75, 3.05) is 33.9 Å². The lowest BCUT2D eigenvalue weighted by atomic mass is 10.1. The quantitative estimate of drug-likeness (QED) is 0.413. The number of carbonyl (C=O) groups excluding carboxylic acids is 1. The zero-order valence-corrected chi connectivity index (χ0v) is 18.2. The molecule has 0 heterocycles. The van der Waals surface area contributed by atoms with E-state index < -0.39 is 0 Å². The molecule has 0 saturated heterocycles. The Balaban J connectivity index is 1.97. The van der Waals surface area contributed by atoms with Crippen LogP contribution in [0.2, 0.25) is 0 Å². The van der Waals surface area contributed by atoms with E-state index in [0.717, 1.165) is 35.8 Å². The topological polar surface area (TPSA) is 84.0 Å². The molecular formula is C23H32N4O3. The number of hydrogen-bond acceptors (Lipinski definition) is 4. The van der Waals surface area contributed by atoms with E-state index in [1.807, 2.05) is 56.3 Å². The van der Waals surface area contributed by atoms with Gasteiger partial charge in [0.1, 0.15) is 0 Å². The Morgan fingerprint density at radius 2 is 1.87 bits per heavy atom. The average Bonchev–Trinajstić information content (AvgIpc) is 2.78. The third-order valence-electron chi connectivity index (χ3n) is 4.41. The zero-order chi connectivity index (χ0) is 21.8. The van der Waals surface area contributed by atoms with Gasteiger partial charge in [-0.15, -0.1) is 0 Å². The van der Waals surface area contributed by atoms with Crippen LogP contribution in [0.5, 0.6) is 11.5 Å². The molecule has 30 heavy (non-hydrogen) atoms. The van der Waals surface area contributed by atoms with Crippen LogP contribution in [0.15, 0.2) is 47.5 Å². The highest BCUT2D eigenvalue weighted by molar-refractivity contribution is 5.94. The van der Waals surface area contributed by atoms with Gasteiger partial charge in [-0.2, -0.15) is 0 Å². The first-order valence-corrected chi connectivity index (χ1v) is 10.2. The molecule has 2 aromatic carbocycles. The summed E-state index contributed by atoms with van der Waals surface area (Å²) >= 11 is 0. The van der Waals surface area contributed by atoms with E-state index in [1.165, 1.54) is 0 Å². The fourth-order valence-electron chi connectivity index (χ4n) is 2.93. The Morgan fingerprint density at radius 1 is 1.03 bits per heavy atom. The van der Waals surface area contributed by atoms with Crippen LogP contribution in [0.1, 0.15) is 35.3 Å². The van der Waals surface area contributed by atoms with E-state index in [0.29, 0.717) is 31.0 Å². The van der Waals surface area contributed by atoms with E-state index in [2.05, 4.69) is 20.9 Å². The maximum Gasteiger partial charge on any atom is 0.251 e. The van der Waals surface area contributed by atoms with Gasteiger partial charge in [0.25, 0.3) is 5.91 Å². The normalized spacial score (nSPS) is 11.0. The van der Waals surface area contributed by atoms with Crippen molar-refractivity contribution in [1.29, 1.82) is 0 Å². The smallest absolute Gasteiger partial charge is 0.251 e. The molecule has 1 amide bonds. The van der Waals surface area contributed by atoms with Gasteiger partial charge in [0.2, 0.25) is 0 Å². The summed E-state index contributed by atoms with van der Waals surface area (Å²) < 4.78 is 11.0. The van der Waals surface area contributed by atoms with Gasteiger partial charge < -0.3 is 25.4 Å². The summed E-state index contributed by atoms with van der Waals surface area (Å²) in [5.41, 5.74) is 2.79. The van der Waals surface area contributed by atoms with Gasteiger partial charge in [0.15, 0.2) is 17.5 Å². The molecule has 162 valence electrons. The summed E-state index contributed by atoms with van der Waals surface area (Å²) in [4.78, 5) is 16.4. The molecule has 3 N–H and O–H groups in total. The van der Waals surface area contributed by atoms with E-state index in [-0.39, 0.29) is 5.91 Å². The molecule has 0 radical (unpaired) electrons. The second-order valence-electron chi connectivity index (χ2n) is 6.57. The van der Waals surface area contributed by atoms with Crippen LogP contribution in [0.25, 0.3) is 0 Å². The van der Waals surface area contributed by atoms with Crippen molar-refractivity contribution in [3.63, 3.8) is 0 Å². The second-order valence-corrected chi connectivity index (χ2v) is 6.57. The SMILES string of the molecule is CCNC(=NCc1ccc(OCC)c(OC)c1)NCCc1cccc(C(=O)NC)c1. The highest BCUT2D eigenvalue weighted by atomic mass is 16.5. The third-order valence-corrected chi connectivity index (χ3v) is 4.41. The monoisotopic (exact) mass is 412 g/mol. The molecule has 0 spiro atoms. The van der Waals surface area contributed by atoms with Crippen molar-refractivity contribution in [3.05, 3.63) is 59.2 Å². The molecule has 7 heteroatoms. The van der Waals surface area contributed by atoms with E-state index in [1.54, 1.807) is 14.2 Å². The van der Waals surface area contributed by atoms with Crippen molar-refractivity contribution in [2.24, 2.45) is 4.99 Å². The van der Waals surface area contributed by atoms with Crippen LogP contribution in [-0.4, -0.2) is 45.7 Å². The number of rotatable bonds is 10. The van der Waals surface area contributed by atoms with Crippen LogP contribution in [-0.2, 0) is 13.0 Å². The van der Waals surface area contributed by atoms with Crippen LogP contribution in [0.4, 0.5) is 0 Å². The number of methoxy groups -OCH3 is 1. The molecule has 7 nitrogen and oxygen atoms in total. The lowest BCUT2D eigenvalue weighted by molar-refractivity contribution is 0.0963. The Morgan fingerprint density at radius 3 is 2.57 bits per heavy atom. The second kappa shape index (κ2) is 12.4. The highest BCUT2D eigenvalue weighted by Crippen LogP contribution is 2.28. The summed E-state index contributed by atoms with van der Waals surface area (Å²) in [5.74, 6) is 2.11. The molecule has 2 aromatic rings. The van der Waals surface area contributed by atoms with Crippen molar-refractivity contribution < 1.29 is 14.3 Å². The maximum atomic E-state index is 11.8. The van der Waals surface area contributed by atoms with Crippen LogP contribution < -0.4 is 25.4 Å². The summed E-state index contributed by atoms with van der Waals surface area (Å²) in [6.07, 6.45) is 0.784. The fourth-order valence-corrected chi connectivity index (χ4v) is 2.93. The molecule has 0 unspecified atom stereocenters. The highest BCUT2D eigenvalue weighted by Gasteiger charge is 2.06. The van der Waals surface area contributed by atoms with Crippen molar-refractivity contribution in [1.82, 2.24) is 16.0 Å². The Bertz CT molecular complexity index is 852. The molecule has 0 saturated carbocycles. The molecule has 0 aliphatic heterocycles. The van der Waals surface area contributed by atoms with Crippen molar-refractivity contribution in [2.45, 2.75) is 26.8 Å². The Hall–Kier alpha value is -3.22. The predicted octanol–water partition coefficient (Wildman–Crippen LogP) is 2.75. The van der Waals surface area contributed by atoms with Crippen molar-refractivity contribution in [3.8, 4) is 11.5 Å². The molecular weight excluding hydrogens is 380 g/mol. The van der Waals surface area contributed by atoms with Crippen molar-refractivity contribution >= 4 is 11.9 Å². The summed E-state index contributed by atoms with van der Waals surface area (Å²) in [6, 6.07) is 13.5. The first kappa shape index (κ1) is 23.1. The number of amides is 1. The molecule has 0 atom stereocenters. The molecule has 0 aliphatic rings. The van der Waals surface area contributed by atoms with Gasteiger partial charge in [-0.3, -0.25) is 4.79 Å². The predicted molar refractivity (Wildman–Crippen MR) is 121 cm³/mol. The maximum absolute atomic E-state index is 11.8. The summed E-state index contributed by atoms with van der Waals surface area (Å²) in [7, 11) is 3.27. The number of aliphatic imine (C=N–C) groups is 1. The third kappa shape index (κ3) is 6.99. The largest absolute Gasteiger partial charge is 0.493 e. The van der Waals surface area contributed by atoms with Gasteiger partial charge in [0.05, 0.1) is 20.3 Å². The van der Waals surface area contributed by atoms with E-state index in [9.17, 15) is 4.79 Å². The molecule has 0 fully saturated rings. The first-order valence-electron chi connectivity index (χ1n) is 10.2. The van der Waals surface area contributed by atoms with Crippen LogP contribution in [0, 0.1) is 0 Å². The number of ether oxygens (including phenoxy) is 2. The van der Waals surface area contributed by atoms with Gasteiger partial charge in [0, 0.05) is 25.7 Å². The molecule has 0 aromatic heterocycles. The van der Waals surface area contributed by atoms with Crippen LogP contribution in [0.3, 0.4) is 0 Å². The average molecular weight is 413 g/mol. The number of guanidine groups is 1. The first-order chi connectivity index (χ1) is 14.6. The molecule has 0 bridgehead atoms. The zero-order valence-electron chi connectivity index (χ0n) is 18.2. The molecule has 2 rings (SSSR count). The number of benzene rings is 2. The van der Waals surface area contributed by atoms with Crippen LogP contribution >= 0.6 is 0 Å². The minimum Gasteiger partial charge on any atom is -0.493 e. The number of nitrogens with zero attached hydrogens (tertiary/aromatic N) is 1. The lowest BCUT2D eigenvalue weighted by Crippen LogP contribution is -2.38. The Labute approximate surface area is 178 Å². The Kier molecular flexibility index (Phi) is 9.51.